The summed E-state index contributed by atoms with van der Waals surface area (Å²) in [5.41, 5.74) is 3.43. The van der Waals surface area contributed by atoms with E-state index in [1.807, 2.05) is 32.0 Å². The Morgan fingerprint density at radius 2 is 1.54 bits per heavy atom. The monoisotopic (exact) mass is 393 g/mol. The fraction of sp³-hybridized carbons (Fsp3) is 0.263. The zero-order valence-corrected chi connectivity index (χ0v) is 16.4. The third kappa shape index (κ3) is 6.02. The zero-order valence-electron chi connectivity index (χ0n) is 14.9. The molecule has 138 valence electrons. The largest absolute Gasteiger partial charge is 0.325 e. The lowest BCUT2D eigenvalue weighted by Crippen LogP contribution is -2.36. The minimum absolute atomic E-state index is 0.0599. The Morgan fingerprint density at radius 3 is 2.15 bits per heavy atom. The highest BCUT2D eigenvalue weighted by atomic mass is 35.5. The smallest absolute Gasteiger partial charge is 0.238 e. The van der Waals surface area contributed by atoms with Crippen LogP contribution in [-0.2, 0) is 9.59 Å². The van der Waals surface area contributed by atoms with Crippen molar-refractivity contribution in [3.05, 3.63) is 57.6 Å². The van der Waals surface area contributed by atoms with Crippen LogP contribution in [0.1, 0.15) is 11.1 Å². The molecule has 2 rings (SSSR count). The van der Waals surface area contributed by atoms with Crippen molar-refractivity contribution < 1.29 is 9.59 Å². The standard InChI is InChI=1S/C19H21Cl2N3O2/c1-12-5-4-6-17(13(12)2)23-19(26)11-24(3)10-18(25)22-16-8-14(20)7-15(21)9-16/h4-9H,10-11H2,1-3H3,(H,22,25)(H,23,26). The number of nitrogens with zero attached hydrogens (tertiary/aromatic N) is 1. The number of hydrogen-bond acceptors (Lipinski definition) is 3. The minimum atomic E-state index is -0.259. The molecule has 2 N–H and O–H groups in total. The molecule has 0 bridgehead atoms. The fourth-order valence-electron chi connectivity index (χ4n) is 2.45. The predicted octanol–water partition coefficient (Wildman–Crippen LogP) is 4.12. The molecule has 0 atom stereocenters. The van der Waals surface area contributed by atoms with E-state index in [-0.39, 0.29) is 24.9 Å². The van der Waals surface area contributed by atoms with Gasteiger partial charge in [0, 0.05) is 21.4 Å². The molecule has 0 aliphatic heterocycles. The molecule has 0 radical (unpaired) electrons. The molecule has 2 aromatic rings. The lowest BCUT2D eigenvalue weighted by Gasteiger charge is -2.17. The molecule has 0 saturated heterocycles. The third-order valence-corrected chi connectivity index (χ3v) is 4.29. The van der Waals surface area contributed by atoms with Crippen LogP contribution < -0.4 is 10.6 Å². The summed E-state index contributed by atoms with van der Waals surface area (Å²) in [6.45, 7) is 4.10. The van der Waals surface area contributed by atoms with Crippen molar-refractivity contribution in [3.63, 3.8) is 0 Å². The molecule has 26 heavy (non-hydrogen) atoms. The van der Waals surface area contributed by atoms with Gasteiger partial charge >= 0.3 is 0 Å². The second kappa shape index (κ2) is 9.03. The van der Waals surface area contributed by atoms with E-state index in [2.05, 4.69) is 10.6 Å². The predicted molar refractivity (Wildman–Crippen MR) is 107 cm³/mol. The van der Waals surface area contributed by atoms with Crippen LogP contribution in [0.5, 0.6) is 0 Å². The molecular formula is C19H21Cl2N3O2. The number of amides is 2. The molecule has 2 amide bonds. The summed E-state index contributed by atoms with van der Waals surface area (Å²) in [5, 5.41) is 6.46. The average Bonchev–Trinajstić information content (AvgIpc) is 2.50. The topological polar surface area (TPSA) is 61.4 Å². The normalized spacial score (nSPS) is 10.7. The highest BCUT2D eigenvalue weighted by Gasteiger charge is 2.12. The molecule has 0 aliphatic rings. The Kier molecular flexibility index (Phi) is 7.03. The highest BCUT2D eigenvalue weighted by Crippen LogP contribution is 2.22. The van der Waals surface area contributed by atoms with Crippen LogP contribution in [-0.4, -0.2) is 36.9 Å². The van der Waals surface area contributed by atoms with Gasteiger partial charge in [-0.2, -0.15) is 0 Å². The van der Waals surface area contributed by atoms with Gasteiger partial charge in [0.05, 0.1) is 13.1 Å². The van der Waals surface area contributed by atoms with Crippen molar-refractivity contribution >= 4 is 46.4 Å². The maximum atomic E-state index is 12.2. The SMILES string of the molecule is Cc1cccc(NC(=O)CN(C)CC(=O)Nc2cc(Cl)cc(Cl)c2)c1C. The number of benzene rings is 2. The van der Waals surface area contributed by atoms with Crippen LogP contribution in [0.15, 0.2) is 36.4 Å². The number of carbonyl (C=O) groups excluding carboxylic acids is 2. The van der Waals surface area contributed by atoms with E-state index >= 15 is 0 Å². The van der Waals surface area contributed by atoms with Crippen molar-refractivity contribution in [2.75, 3.05) is 30.8 Å². The molecule has 0 unspecified atom stereocenters. The number of carbonyl (C=O) groups is 2. The van der Waals surface area contributed by atoms with Crippen LogP contribution in [0.25, 0.3) is 0 Å². The first-order valence-corrected chi connectivity index (χ1v) is 8.80. The first kappa shape index (κ1) is 20.2. The van der Waals surface area contributed by atoms with Gasteiger partial charge in [0.25, 0.3) is 0 Å². The third-order valence-electron chi connectivity index (χ3n) is 3.85. The van der Waals surface area contributed by atoms with E-state index in [0.717, 1.165) is 16.8 Å². The van der Waals surface area contributed by atoms with Crippen LogP contribution in [0, 0.1) is 13.8 Å². The minimum Gasteiger partial charge on any atom is -0.325 e. The van der Waals surface area contributed by atoms with Crippen molar-refractivity contribution in [3.8, 4) is 0 Å². The molecule has 0 fully saturated rings. The molecule has 0 spiro atoms. The van der Waals surface area contributed by atoms with E-state index in [1.54, 1.807) is 30.1 Å². The number of halogens is 2. The Bertz CT molecular complexity index is 804. The van der Waals surface area contributed by atoms with Crippen molar-refractivity contribution in [2.24, 2.45) is 0 Å². The Hall–Kier alpha value is -2.08. The van der Waals surface area contributed by atoms with E-state index < -0.39 is 0 Å². The molecule has 0 aliphatic carbocycles. The van der Waals surface area contributed by atoms with Gasteiger partial charge < -0.3 is 10.6 Å². The summed E-state index contributed by atoms with van der Waals surface area (Å²) < 4.78 is 0. The van der Waals surface area contributed by atoms with Gasteiger partial charge in [0.1, 0.15) is 0 Å². The Balaban J connectivity index is 1.87. The van der Waals surface area contributed by atoms with E-state index in [4.69, 9.17) is 23.2 Å². The Labute approximate surface area is 163 Å². The lowest BCUT2D eigenvalue weighted by molar-refractivity contribution is -0.119. The summed E-state index contributed by atoms with van der Waals surface area (Å²) in [4.78, 5) is 25.9. The zero-order chi connectivity index (χ0) is 19.3. The maximum absolute atomic E-state index is 12.2. The van der Waals surface area contributed by atoms with Gasteiger partial charge in [-0.1, -0.05) is 35.3 Å². The summed E-state index contributed by atoms with van der Waals surface area (Å²) >= 11 is 11.8. The number of aryl methyl sites for hydroxylation is 1. The summed E-state index contributed by atoms with van der Waals surface area (Å²) in [5.74, 6) is -0.440. The number of likely N-dealkylation sites (N-methyl/N-ethyl adjacent to an activating group) is 1. The van der Waals surface area contributed by atoms with Crippen LogP contribution in [0.2, 0.25) is 10.0 Å². The fourth-order valence-corrected chi connectivity index (χ4v) is 2.98. The van der Waals surface area contributed by atoms with Crippen molar-refractivity contribution in [1.82, 2.24) is 4.90 Å². The van der Waals surface area contributed by atoms with E-state index in [0.29, 0.717) is 15.7 Å². The van der Waals surface area contributed by atoms with Crippen molar-refractivity contribution in [2.45, 2.75) is 13.8 Å². The van der Waals surface area contributed by atoms with Crippen LogP contribution >= 0.6 is 23.2 Å². The summed E-state index contributed by atoms with van der Waals surface area (Å²) in [6, 6.07) is 10.5. The van der Waals surface area contributed by atoms with Gasteiger partial charge in [-0.25, -0.2) is 0 Å². The second-order valence-corrected chi connectivity index (χ2v) is 7.05. The molecule has 0 aromatic heterocycles. The molecule has 0 heterocycles. The maximum Gasteiger partial charge on any atom is 0.238 e. The summed E-state index contributed by atoms with van der Waals surface area (Å²) in [7, 11) is 1.70. The average molecular weight is 394 g/mol. The number of hydrogen-bond donors (Lipinski definition) is 2. The molecular weight excluding hydrogens is 373 g/mol. The van der Waals surface area contributed by atoms with Crippen molar-refractivity contribution in [1.29, 1.82) is 0 Å². The molecule has 0 saturated carbocycles. The van der Waals surface area contributed by atoms with E-state index in [1.165, 1.54) is 0 Å². The van der Waals surface area contributed by atoms with Gasteiger partial charge in [0.15, 0.2) is 0 Å². The van der Waals surface area contributed by atoms with Crippen LogP contribution in [0.4, 0.5) is 11.4 Å². The summed E-state index contributed by atoms with van der Waals surface area (Å²) in [6.07, 6.45) is 0. The van der Waals surface area contributed by atoms with Gasteiger partial charge in [-0.05, 0) is 56.3 Å². The number of rotatable bonds is 6. The van der Waals surface area contributed by atoms with Gasteiger partial charge in [0.2, 0.25) is 11.8 Å². The van der Waals surface area contributed by atoms with Crippen LogP contribution in [0.3, 0.4) is 0 Å². The molecule has 7 heteroatoms. The lowest BCUT2D eigenvalue weighted by atomic mass is 10.1. The van der Waals surface area contributed by atoms with Gasteiger partial charge in [-0.15, -0.1) is 0 Å². The first-order valence-electron chi connectivity index (χ1n) is 8.05. The highest BCUT2D eigenvalue weighted by molar-refractivity contribution is 6.35. The molecule has 5 nitrogen and oxygen atoms in total. The van der Waals surface area contributed by atoms with Gasteiger partial charge in [-0.3, -0.25) is 14.5 Å². The molecule has 2 aromatic carbocycles. The first-order chi connectivity index (χ1) is 12.2. The second-order valence-electron chi connectivity index (χ2n) is 6.17. The Morgan fingerprint density at radius 1 is 0.962 bits per heavy atom. The number of nitrogens with one attached hydrogen (secondary N) is 2. The number of anilines is 2. The quantitative estimate of drug-likeness (QED) is 0.775. The van der Waals surface area contributed by atoms with E-state index in [9.17, 15) is 9.59 Å².